The van der Waals surface area contributed by atoms with Gasteiger partial charge < -0.3 is 52.9 Å². The van der Waals surface area contributed by atoms with Crippen molar-refractivity contribution in [1.82, 2.24) is 24.8 Å². The highest BCUT2D eigenvalue weighted by atomic mass is 127. The van der Waals surface area contributed by atoms with E-state index < -0.39 is 40.9 Å². The zero-order valence-corrected chi connectivity index (χ0v) is 42.0. The quantitative estimate of drug-likeness (QED) is 0.0392. The lowest BCUT2D eigenvalue weighted by atomic mass is 10.0. The highest BCUT2D eigenvalue weighted by Gasteiger charge is 2.55. The number of esters is 1. The van der Waals surface area contributed by atoms with Crippen molar-refractivity contribution < 1.29 is 66.8 Å². The van der Waals surface area contributed by atoms with Crippen LogP contribution in [0.25, 0.3) is 10.9 Å². The third-order valence-corrected chi connectivity index (χ3v) is 13.9. The van der Waals surface area contributed by atoms with Crippen molar-refractivity contribution in [1.29, 1.82) is 0 Å². The normalized spacial score (nSPS) is 17.4. The van der Waals surface area contributed by atoms with Gasteiger partial charge in [-0.25, -0.2) is 19.1 Å². The fourth-order valence-electron chi connectivity index (χ4n) is 7.45. The zero-order valence-electron chi connectivity index (χ0n) is 36.6. The molecule has 22 heteroatoms. The number of aromatic nitrogens is 3. The first-order chi connectivity index (χ1) is 31.3. The first-order valence-electron chi connectivity index (χ1n) is 20.7. The van der Waals surface area contributed by atoms with Crippen molar-refractivity contribution in [2.24, 2.45) is 10.3 Å². The summed E-state index contributed by atoms with van der Waals surface area (Å²) in [7, 11) is 2.82. The average molecular weight is 1090 g/mol. The summed E-state index contributed by atoms with van der Waals surface area (Å²) in [4.78, 5) is 66.3. The van der Waals surface area contributed by atoms with Crippen LogP contribution in [0.5, 0.6) is 5.75 Å². The molecule has 5 aromatic rings. The number of rotatable bonds is 15. The van der Waals surface area contributed by atoms with Crippen molar-refractivity contribution in [3.63, 3.8) is 0 Å². The summed E-state index contributed by atoms with van der Waals surface area (Å²) < 4.78 is 20.6. The molecule has 2 atom stereocenters. The number of pyridine rings is 1. The molecule has 2 saturated heterocycles. The minimum Gasteiger partial charge on any atom is -1.00 e. The number of fused-ring (bicyclic) bond motifs is 2. The fourth-order valence-corrected chi connectivity index (χ4v) is 10.6. The van der Waals surface area contributed by atoms with E-state index in [9.17, 15) is 19.2 Å². The maximum atomic E-state index is 14.1. The molecule has 0 bridgehead atoms. The molecule has 8 rings (SSSR count). The van der Waals surface area contributed by atoms with Crippen molar-refractivity contribution in [3.8, 4) is 5.75 Å². The standard InChI is InChI=1S/C44H46ClN9O8S3.HI/c1-44(2,3)62-43(58)49-42-48-33(37(45)65-42)34(50-60-5)38(55)47-35-39(56)54-36(41(57)61-23-26-8-10-30(59-4)11-9-26)29(25-64-40(35)54)21-51-16-13-32-28(20-51)12-17-52(32)22-31-18-27(24-63-31)19-46-53-14-6-7-15-53;/h8-13,16-20,24,35,40H,6-7,14-15,21-23,25H2,1-5H3,(H-,47,48,49,55,58);1H/b46-19?,50-34-;/t35-,40-;/m1./s1. The molecule has 17 nitrogen and oxygen atoms in total. The number of benzene rings is 1. The number of thiophene rings is 1. The maximum absolute atomic E-state index is 14.1. The molecule has 7 heterocycles. The van der Waals surface area contributed by atoms with Crippen LogP contribution in [0.2, 0.25) is 4.34 Å². The number of ether oxygens (including phenoxy) is 3. The van der Waals surface area contributed by atoms with Gasteiger partial charge in [0.05, 0.1) is 30.8 Å². The number of anilines is 1. The molecule has 0 spiro atoms. The largest absolute Gasteiger partial charge is 1.00 e. The summed E-state index contributed by atoms with van der Waals surface area (Å²) in [5, 5.41) is 18.4. The lowest BCUT2D eigenvalue weighted by molar-refractivity contribution is -0.687. The van der Waals surface area contributed by atoms with E-state index in [1.165, 1.54) is 41.5 Å². The first-order valence-corrected chi connectivity index (χ1v) is 23.8. The summed E-state index contributed by atoms with van der Waals surface area (Å²) in [6, 6.07) is 12.4. The van der Waals surface area contributed by atoms with E-state index >= 15 is 0 Å². The number of nitrogens with one attached hydrogen (secondary N) is 2. The number of hydrazone groups is 1. The van der Waals surface area contributed by atoms with Gasteiger partial charge in [0, 0.05) is 47.1 Å². The number of carbonyl (C=O) groups excluding carboxylic acids is 4. The monoisotopic (exact) mass is 1090 g/mol. The van der Waals surface area contributed by atoms with Gasteiger partial charge in [-0.3, -0.25) is 24.8 Å². The minimum atomic E-state index is -1.04. The van der Waals surface area contributed by atoms with Crippen LogP contribution in [0.4, 0.5) is 9.93 Å². The number of β-lactam (4-membered cyclic amide) rings is 1. The number of hydrogen-bond acceptors (Lipinski definition) is 15. The van der Waals surface area contributed by atoms with E-state index in [4.69, 9.17) is 30.6 Å². The molecule has 66 heavy (non-hydrogen) atoms. The molecule has 2 N–H and O–H groups in total. The fraction of sp³-hybridized carbons (Fsp3) is 0.364. The van der Waals surface area contributed by atoms with Crippen LogP contribution in [0.1, 0.15) is 55.3 Å². The summed E-state index contributed by atoms with van der Waals surface area (Å²) in [5.41, 5.74) is 2.51. The number of amides is 3. The molecule has 1 aromatic carbocycles. The minimum absolute atomic E-state index is 0. The van der Waals surface area contributed by atoms with E-state index in [1.807, 2.05) is 29.2 Å². The van der Waals surface area contributed by atoms with Crippen molar-refractivity contribution in [2.45, 2.75) is 70.3 Å². The lowest BCUT2D eigenvalue weighted by Crippen LogP contribution is -3.00. The summed E-state index contributed by atoms with van der Waals surface area (Å²) in [5.74, 6) is -0.976. The van der Waals surface area contributed by atoms with Crippen LogP contribution < -0.4 is 43.9 Å². The van der Waals surface area contributed by atoms with Crippen molar-refractivity contribution in [2.75, 3.05) is 38.4 Å². The molecule has 3 aliphatic heterocycles. The van der Waals surface area contributed by atoms with E-state index in [0.717, 1.165) is 46.5 Å². The van der Waals surface area contributed by atoms with Gasteiger partial charge in [-0.05, 0) is 68.8 Å². The number of methoxy groups -OCH3 is 1. The predicted molar refractivity (Wildman–Crippen MR) is 249 cm³/mol. The molecule has 2 fully saturated rings. The molecule has 0 radical (unpaired) electrons. The second-order valence-electron chi connectivity index (χ2n) is 16.3. The van der Waals surface area contributed by atoms with Crippen molar-refractivity contribution in [3.05, 3.63) is 104 Å². The van der Waals surface area contributed by atoms with Crippen LogP contribution in [-0.4, -0.2) is 105 Å². The number of thioether (sulfide) groups is 1. The highest BCUT2D eigenvalue weighted by molar-refractivity contribution is 8.00. The van der Waals surface area contributed by atoms with Crippen LogP contribution in [0, 0.1) is 0 Å². The Hall–Kier alpha value is -5.23. The number of oxime groups is 1. The van der Waals surface area contributed by atoms with Gasteiger partial charge in [0.15, 0.2) is 29.8 Å². The van der Waals surface area contributed by atoms with Gasteiger partial charge in [0.25, 0.3) is 11.8 Å². The van der Waals surface area contributed by atoms with Crippen LogP contribution >= 0.6 is 46.0 Å². The smallest absolute Gasteiger partial charge is 0.413 e. The Labute approximate surface area is 415 Å². The van der Waals surface area contributed by atoms with Crippen LogP contribution in [0.15, 0.2) is 88.0 Å². The van der Waals surface area contributed by atoms with Gasteiger partial charge in [-0.2, -0.15) is 5.10 Å². The van der Waals surface area contributed by atoms with E-state index in [-0.39, 0.29) is 57.2 Å². The van der Waals surface area contributed by atoms with E-state index in [0.29, 0.717) is 30.2 Å². The van der Waals surface area contributed by atoms with Crippen LogP contribution in [-0.2, 0) is 48.4 Å². The Kier molecular flexibility index (Phi) is 15.6. The molecule has 348 valence electrons. The topological polar surface area (TPSA) is 182 Å². The molecule has 4 aromatic heterocycles. The second-order valence-corrected chi connectivity index (χ2v) is 20.0. The van der Waals surface area contributed by atoms with Gasteiger partial charge in [0.1, 0.15) is 52.2 Å². The van der Waals surface area contributed by atoms with Gasteiger partial charge in [-0.15, -0.1) is 23.1 Å². The van der Waals surface area contributed by atoms with E-state index in [1.54, 1.807) is 63.5 Å². The summed E-state index contributed by atoms with van der Waals surface area (Å²) in [6.07, 6.45) is 9.59. The molecule has 3 amide bonds. The molecular weight excluding hydrogens is 1040 g/mol. The van der Waals surface area contributed by atoms with Gasteiger partial charge >= 0.3 is 12.1 Å². The Morgan fingerprint density at radius 3 is 2.59 bits per heavy atom. The highest BCUT2D eigenvalue weighted by Crippen LogP contribution is 2.41. The average Bonchev–Trinajstić information content (AvgIpc) is 4.11. The number of halogens is 2. The lowest BCUT2D eigenvalue weighted by Gasteiger charge is -2.49. The molecule has 3 aliphatic rings. The van der Waals surface area contributed by atoms with E-state index in [2.05, 4.69) is 59.2 Å². The Bertz CT molecular complexity index is 2710. The Morgan fingerprint density at radius 2 is 1.86 bits per heavy atom. The second kappa shape index (κ2) is 21.2. The van der Waals surface area contributed by atoms with Gasteiger partial charge in [-0.1, -0.05) is 40.2 Å². The summed E-state index contributed by atoms with van der Waals surface area (Å²) >= 11 is 10.5. The van der Waals surface area contributed by atoms with Crippen molar-refractivity contribution >= 4 is 97.9 Å². The Morgan fingerprint density at radius 1 is 1.09 bits per heavy atom. The molecule has 0 aliphatic carbocycles. The first kappa shape index (κ1) is 48.7. The number of hydrogen-bond donors (Lipinski definition) is 2. The number of thiazole rings is 1. The third kappa shape index (κ3) is 11.3. The molecule has 0 unspecified atom stereocenters. The zero-order chi connectivity index (χ0) is 45.8. The Balaban J connectivity index is 0.00000648. The van der Waals surface area contributed by atoms with Crippen LogP contribution in [0.3, 0.4) is 0 Å². The number of nitrogens with zero attached hydrogens (tertiary/aromatic N) is 7. The molecular formula is C44H47ClIN9O8S3. The molecule has 0 saturated carbocycles. The predicted octanol–water partition coefficient (Wildman–Crippen LogP) is 3.39. The maximum Gasteiger partial charge on any atom is 0.413 e. The SMILES string of the molecule is CO/N=C(\C(=O)N[C@@H]1C(=O)N2C(C(=O)OCc3ccc(OC)cc3)=C(C[n+]3ccc4c(ccn4Cc4cc(C=NN5CCCC5)cs4)c3)CS[C@H]12)c1nc(NC(=O)OC(C)(C)C)sc1Cl.[I-]. The van der Waals surface area contributed by atoms with Gasteiger partial charge in [0.2, 0.25) is 0 Å². The number of carbonyl (C=O) groups is 4. The third-order valence-electron chi connectivity index (χ3n) is 10.5. The summed E-state index contributed by atoms with van der Waals surface area (Å²) in [6.45, 7) is 8.12.